The molecule has 0 bridgehead atoms. The molecule has 1 aromatic heterocycles. The molecule has 1 aromatic rings. The van der Waals surface area contributed by atoms with Crippen LogP contribution in [-0.4, -0.2) is 14.8 Å². The molecule has 0 saturated heterocycles. The Morgan fingerprint density at radius 1 is 1.60 bits per heavy atom. The molecule has 2 rings (SSSR count). The van der Waals surface area contributed by atoms with E-state index in [0.717, 1.165) is 18.8 Å². The predicted molar refractivity (Wildman–Crippen MR) is 41.4 cm³/mol. The zero-order chi connectivity index (χ0) is 7.14. The van der Waals surface area contributed by atoms with Crippen LogP contribution in [0.15, 0.2) is 0 Å². The normalized spacial score (nSPS) is 23.2. The molecule has 54 valence electrons. The summed E-state index contributed by atoms with van der Waals surface area (Å²) in [5.74, 6) is 0.897. The van der Waals surface area contributed by atoms with E-state index in [-0.39, 0.29) is 5.25 Å². The van der Waals surface area contributed by atoms with Gasteiger partial charge in [0.1, 0.15) is 5.82 Å². The molecule has 0 aliphatic carbocycles. The number of hydrogen-bond acceptors (Lipinski definition) is 3. The lowest BCUT2D eigenvalue weighted by atomic mass is 10.3. The first-order valence-corrected chi connectivity index (χ1v) is 3.95. The SMILES string of the molecule is SC1CCn2c(Cl)nnc21. The predicted octanol–water partition coefficient (Wildman–Crippen LogP) is 1.31. The summed E-state index contributed by atoms with van der Waals surface area (Å²) in [4.78, 5) is 0. The van der Waals surface area contributed by atoms with Crippen molar-refractivity contribution < 1.29 is 0 Å². The second kappa shape index (κ2) is 2.13. The molecule has 0 saturated carbocycles. The van der Waals surface area contributed by atoms with Crippen molar-refractivity contribution in [3.8, 4) is 0 Å². The summed E-state index contributed by atoms with van der Waals surface area (Å²) in [6, 6.07) is 0. The second-order valence-electron chi connectivity index (χ2n) is 2.28. The van der Waals surface area contributed by atoms with Crippen LogP contribution in [0.5, 0.6) is 0 Å². The Balaban J connectivity index is 2.53. The summed E-state index contributed by atoms with van der Waals surface area (Å²) in [5, 5.41) is 8.30. The molecule has 3 nitrogen and oxygen atoms in total. The fourth-order valence-corrected chi connectivity index (χ4v) is 1.64. The molecule has 2 heterocycles. The molecule has 0 N–H and O–H groups in total. The highest BCUT2D eigenvalue weighted by molar-refractivity contribution is 7.80. The first-order valence-electron chi connectivity index (χ1n) is 3.05. The Bertz CT molecular complexity index is 259. The quantitative estimate of drug-likeness (QED) is 0.603. The lowest BCUT2D eigenvalue weighted by Gasteiger charge is -1.92. The van der Waals surface area contributed by atoms with Crippen LogP contribution in [-0.2, 0) is 6.54 Å². The maximum absolute atomic E-state index is 5.71. The van der Waals surface area contributed by atoms with E-state index < -0.39 is 0 Å². The van der Waals surface area contributed by atoms with E-state index in [4.69, 9.17) is 11.6 Å². The molecule has 0 fully saturated rings. The number of fused-ring (bicyclic) bond motifs is 1. The molecule has 0 radical (unpaired) electrons. The first kappa shape index (κ1) is 6.49. The summed E-state index contributed by atoms with van der Waals surface area (Å²) in [6.07, 6.45) is 1.01. The van der Waals surface area contributed by atoms with Crippen molar-refractivity contribution >= 4 is 24.2 Å². The van der Waals surface area contributed by atoms with Crippen LogP contribution in [0.2, 0.25) is 5.28 Å². The number of halogens is 1. The van der Waals surface area contributed by atoms with E-state index in [9.17, 15) is 0 Å². The van der Waals surface area contributed by atoms with Gasteiger partial charge in [-0.15, -0.1) is 10.2 Å². The van der Waals surface area contributed by atoms with Crippen molar-refractivity contribution in [3.63, 3.8) is 0 Å². The standard InChI is InChI=1S/C5H6ClN3S/c6-5-8-7-4-3(10)1-2-9(4)5/h3,10H,1-2H2. The maximum Gasteiger partial charge on any atom is 0.225 e. The molecule has 5 heteroatoms. The molecule has 1 unspecified atom stereocenters. The molecular weight excluding hydrogens is 170 g/mol. The van der Waals surface area contributed by atoms with Gasteiger partial charge in [0.15, 0.2) is 0 Å². The van der Waals surface area contributed by atoms with E-state index in [1.165, 1.54) is 0 Å². The summed E-state index contributed by atoms with van der Waals surface area (Å²) in [6.45, 7) is 0.898. The fraction of sp³-hybridized carbons (Fsp3) is 0.600. The van der Waals surface area contributed by atoms with Gasteiger partial charge in [-0.1, -0.05) is 0 Å². The molecule has 0 aromatic carbocycles. The maximum atomic E-state index is 5.71. The van der Waals surface area contributed by atoms with Gasteiger partial charge in [-0.3, -0.25) is 0 Å². The van der Waals surface area contributed by atoms with Crippen LogP contribution in [0.3, 0.4) is 0 Å². The average Bonchev–Trinajstić information content (AvgIpc) is 2.41. The van der Waals surface area contributed by atoms with Crippen molar-refractivity contribution in [2.24, 2.45) is 0 Å². The lowest BCUT2D eigenvalue weighted by molar-refractivity contribution is 0.739. The van der Waals surface area contributed by atoms with Gasteiger partial charge in [0.2, 0.25) is 5.28 Å². The number of aromatic nitrogens is 3. The number of hydrogen-bond donors (Lipinski definition) is 1. The Hall–Kier alpha value is -0.220. The third kappa shape index (κ3) is 0.754. The summed E-state index contributed by atoms with van der Waals surface area (Å²) in [7, 11) is 0. The zero-order valence-corrected chi connectivity index (χ0v) is 6.81. The molecule has 1 aliphatic heterocycles. The van der Waals surface area contributed by atoms with E-state index >= 15 is 0 Å². The largest absolute Gasteiger partial charge is 0.301 e. The van der Waals surface area contributed by atoms with Crippen LogP contribution in [0, 0.1) is 0 Å². The minimum Gasteiger partial charge on any atom is -0.301 e. The first-order chi connectivity index (χ1) is 4.79. The molecule has 10 heavy (non-hydrogen) atoms. The average molecular weight is 176 g/mol. The number of thiol groups is 1. The van der Waals surface area contributed by atoms with Gasteiger partial charge in [-0.25, -0.2) is 0 Å². The Labute approximate surface area is 68.8 Å². The van der Waals surface area contributed by atoms with Gasteiger partial charge in [-0.05, 0) is 18.0 Å². The Kier molecular flexibility index (Phi) is 1.38. The van der Waals surface area contributed by atoms with Gasteiger partial charge >= 0.3 is 0 Å². The highest BCUT2D eigenvalue weighted by atomic mass is 35.5. The van der Waals surface area contributed by atoms with Crippen molar-refractivity contribution in [3.05, 3.63) is 11.1 Å². The highest BCUT2D eigenvalue weighted by Gasteiger charge is 2.23. The van der Waals surface area contributed by atoms with Crippen LogP contribution in [0.25, 0.3) is 0 Å². The lowest BCUT2D eigenvalue weighted by Crippen LogP contribution is -1.91. The smallest absolute Gasteiger partial charge is 0.225 e. The summed E-state index contributed by atoms with van der Waals surface area (Å²) >= 11 is 10.0. The second-order valence-corrected chi connectivity index (χ2v) is 3.24. The van der Waals surface area contributed by atoms with E-state index in [1.54, 1.807) is 0 Å². The molecular formula is C5H6ClN3S. The van der Waals surface area contributed by atoms with Crippen molar-refractivity contribution in [1.29, 1.82) is 0 Å². The zero-order valence-electron chi connectivity index (χ0n) is 5.16. The Morgan fingerprint density at radius 3 is 3.10 bits per heavy atom. The monoisotopic (exact) mass is 175 g/mol. The van der Waals surface area contributed by atoms with Gasteiger partial charge in [0, 0.05) is 6.54 Å². The van der Waals surface area contributed by atoms with Crippen molar-refractivity contribution in [1.82, 2.24) is 14.8 Å². The van der Waals surface area contributed by atoms with Crippen LogP contribution >= 0.6 is 24.2 Å². The van der Waals surface area contributed by atoms with Gasteiger partial charge < -0.3 is 4.57 Å². The topological polar surface area (TPSA) is 30.7 Å². The summed E-state index contributed by atoms with van der Waals surface area (Å²) in [5.41, 5.74) is 0. The van der Waals surface area contributed by atoms with Crippen LogP contribution in [0.1, 0.15) is 17.5 Å². The third-order valence-corrected chi connectivity index (χ3v) is 2.43. The van der Waals surface area contributed by atoms with E-state index in [2.05, 4.69) is 22.8 Å². The van der Waals surface area contributed by atoms with Crippen LogP contribution < -0.4 is 0 Å². The molecule has 1 aliphatic rings. The number of rotatable bonds is 0. The van der Waals surface area contributed by atoms with Crippen LogP contribution in [0.4, 0.5) is 0 Å². The minimum absolute atomic E-state index is 0.222. The fourth-order valence-electron chi connectivity index (χ4n) is 1.13. The van der Waals surface area contributed by atoms with Crippen molar-refractivity contribution in [2.75, 3.05) is 0 Å². The minimum atomic E-state index is 0.222. The highest BCUT2D eigenvalue weighted by Crippen LogP contribution is 2.30. The van der Waals surface area contributed by atoms with E-state index in [1.807, 2.05) is 4.57 Å². The van der Waals surface area contributed by atoms with Crippen molar-refractivity contribution in [2.45, 2.75) is 18.2 Å². The molecule has 1 atom stereocenters. The Morgan fingerprint density at radius 2 is 2.40 bits per heavy atom. The van der Waals surface area contributed by atoms with E-state index in [0.29, 0.717) is 5.28 Å². The third-order valence-electron chi connectivity index (χ3n) is 1.66. The van der Waals surface area contributed by atoms with Gasteiger partial charge in [0.25, 0.3) is 0 Å². The molecule has 0 spiro atoms. The summed E-state index contributed by atoms with van der Waals surface area (Å²) < 4.78 is 1.89. The number of nitrogens with zero attached hydrogens (tertiary/aromatic N) is 3. The van der Waals surface area contributed by atoms with Gasteiger partial charge in [-0.2, -0.15) is 12.6 Å². The van der Waals surface area contributed by atoms with Gasteiger partial charge in [0.05, 0.1) is 5.25 Å². The molecule has 0 amide bonds.